The van der Waals surface area contributed by atoms with Crippen molar-refractivity contribution in [2.75, 3.05) is 24.4 Å². The summed E-state index contributed by atoms with van der Waals surface area (Å²) in [5.41, 5.74) is 1.69. The van der Waals surface area contributed by atoms with Gasteiger partial charge in [-0.25, -0.2) is 9.37 Å². The van der Waals surface area contributed by atoms with E-state index in [9.17, 15) is 9.18 Å². The zero-order chi connectivity index (χ0) is 19.9. The summed E-state index contributed by atoms with van der Waals surface area (Å²) in [5.74, 6) is 0.283. The molecule has 0 aliphatic heterocycles. The molecule has 2 N–H and O–H groups in total. The van der Waals surface area contributed by atoms with E-state index in [1.165, 1.54) is 19.2 Å². The summed E-state index contributed by atoms with van der Waals surface area (Å²) in [7, 11) is 1.53. The molecule has 0 atom stereocenters. The third kappa shape index (κ3) is 5.16. The van der Waals surface area contributed by atoms with Gasteiger partial charge in [-0.1, -0.05) is 18.2 Å². The maximum Gasteiger partial charge on any atom is 0.262 e. The van der Waals surface area contributed by atoms with Crippen molar-refractivity contribution in [2.45, 2.75) is 6.92 Å². The van der Waals surface area contributed by atoms with Crippen LogP contribution < -0.4 is 20.1 Å². The first kappa shape index (κ1) is 19.1. The number of methoxy groups -OCH3 is 1. The van der Waals surface area contributed by atoms with Gasteiger partial charge in [-0.05, 0) is 37.3 Å². The van der Waals surface area contributed by atoms with Crippen LogP contribution in [-0.4, -0.2) is 29.6 Å². The Morgan fingerprint density at radius 1 is 1.11 bits per heavy atom. The van der Waals surface area contributed by atoms with Gasteiger partial charge in [-0.15, -0.1) is 0 Å². The van der Waals surface area contributed by atoms with Crippen LogP contribution in [0.1, 0.15) is 5.69 Å². The molecule has 2 aromatic carbocycles. The van der Waals surface area contributed by atoms with Crippen LogP contribution in [0.15, 0.2) is 54.6 Å². The molecular formula is C20H19FN4O3. The molecule has 0 saturated carbocycles. The summed E-state index contributed by atoms with van der Waals surface area (Å²) in [6.45, 7) is 1.52. The standard InChI is InChI=1S/C20H19FN4O3/c1-13-10-19(25-20(22-13)23-15-7-5-6-14(21)11-15)28-12-18(26)24-16-8-3-4-9-17(16)27-2/h3-11H,12H2,1-2H3,(H,24,26)(H,22,23,25). The lowest BCUT2D eigenvalue weighted by Crippen LogP contribution is -2.21. The largest absolute Gasteiger partial charge is 0.495 e. The summed E-state index contributed by atoms with van der Waals surface area (Å²) < 4.78 is 24.0. The number of aromatic nitrogens is 2. The molecule has 3 rings (SSSR count). The van der Waals surface area contributed by atoms with Gasteiger partial charge < -0.3 is 20.1 Å². The van der Waals surface area contributed by atoms with E-state index in [4.69, 9.17) is 9.47 Å². The number of nitrogens with zero attached hydrogens (tertiary/aromatic N) is 2. The first-order valence-corrected chi connectivity index (χ1v) is 8.47. The predicted molar refractivity (Wildman–Crippen MR) is 104 cm³/mol. The molecule has 0 aliphatic carbocycles. The molecule has 0 spiro atoms. The number of hydrogen-bond donors (Lipinski definition) is 2. The summed E-state index contributed by atoms with van der Waals surface area (Å²) in [4.78, 5) is 20.6. The number of halogens is 1. The van der Waals surface area contributed by atoms with Crippen molar-refractivity contribution in [3.63, 3.8) is 0 Å². The van der Waals surface area contributed by atoms with Crippen LogP contribution in [-0.2, 0) is 4.79 Å². The van der Waals surface area contributed by atoms with Crippen molar-refractivity contribution in [3.8, 4) is 11.6 Å². The summed E-state index contributed by atoms with van der Waals surface area (Å²) in [6.07, 6.45) is 0. The van der Waals surface area contributed by atoms with Crippen LogP contribution >= 0.6 is 0 Å². The Hall–Kier alpha value is -3.68. The first-order valence-electron chi connectivity index (χ1n) is 8.47. The normalized spacial score (nSPS) is 10.2. The highest BCUT2D eigenvalue weighted by molar-refractivity contribution is 5.93. The van der Waals surface area contributed by atoms with E-state index in [1.807, 2.05) is 6.07 Å². The van der Waals surface area contributed by atoms with Gasteiger partial charge >= 0.3 is 0 Å². The molecule has 0 unspecified atom stereocenters. The highest BCUT2D eigenvalue weighted by atomic mass is 19.1. The molecule has 0 saturated heterocycles. The quantitative estimate of drug-likeness (QED) is 0.648. The zero-order valence-electron chi connectivity index (χ0n) is 15.4. The molecule has 0 aliphatic rings. The number of anilines is 3. The molecule has 0 bridgehead atoms. The number of amides is 1. The van der Waals surface area contributed by atoms with Crippen LogP contribution in [0.25, 0.3) is 0 Å². The van der Waals surface area contributed by atoms with Gasteiger partial charge in [-0.3, -0.25) is 4.79 Å². The van der Waals surface area contributed by atoms with Gasteiger partial charge in [0, 0.05) is 17.4 Å². The number of carbonyl (C=O) groups excluding carboxylic acids is 1. The lowest BCUT2D eigenvalue weighted by molar-refractivity contribution is -0.118. The van der Waals surface area contributed by atoms with Gasteiger partial charge in [-0.2, -0.15) is 4.98 Å². The van der Waals surface area contributed by atoms with Crippen LogP contribution in [0.5, 0.6) is 11.6 Å². The van der Waals surface area contributed by atoms with Gasteiger partial charge in [0.25, 0.3) is 5.91 Å². The Morgan fingerprint density at radius 3 is 2.71 bits per heavy atom. The number of ether oxygens (including phenoxy) is 2. The van der Waals surface area contributed by atoms with Crippen molar-refractivity contribution < 1.29 is 18.7 Å². The smallest absolute Gasteiger partial charge is 0.262 e. The molecule has 1 amide bonds. The topological polar surface area (TPSA) is 85.4 Å². The van der Waals surface area contributed by atoms with E-state index in [-0.39, 0.29) is 30.2 Å². The summed E-state index contributed by atoms with van der Waals surface area (Å²) >= 11 is 0. The summed E-state index contributed by atoms with van der Waals surface area (Å²) in [6, 6.07) is 14.6. The van der Waals surface area contributed by atoms with E-state index >= 15 is 0 Å². The number of benzene rings is 2. The van der Waals surface area contributed by atoms with Crippen molar-refractivity contribution in [1.82, 2.24) is 9.97 Å². The Balaban J connectivity index is 1.64. The lowest BCUT2D eigenvalue weighted by Gasteiger charge is -2.11. The monoisotopic (exact) mass is 382 g/mol. The Labute approximate surface area is 161 Å². The highest BCUT2D eigenvalue weighted by Gasteiger charge is 2.10. The minimum absolute atomic E-state index is 0.224. The molecule has 28 heavy (non-hydrogen) atoms. The first-order chi connectivity index (χ1) is 13.5. The van der Waals surface area contributed by atoms with E-state index in [0.29, 0.717) is 22.8 Å². The van der Waals surface area contributed by atoms with Gasteiger partial charge in [0.2, 0.25) is 11.8 Å². The second-order valence-corrected chi connectivity index (χ2v) is 5.84. The molecule has 1 aromatic heterocycles. The van der Waals surface area contributed by atoms with E-state index in [1.54, 1.807) is 43.3 Å². The highest BCUT2D eigenvalue weighted by Crippen LogP contribution is 2.23. The fraction of sp³-hybridized carbons (Fsp3) is 0.150. The van der Waals surface area contributed by atoms with Crippen LogP contribution in [0.3, 0.4) is 0 Å². The molecular weight excluding hydrogens is 363 g/mol. The van der Waals surface area contributed by atoms with Crippen molar-refractivity contribution in [2.24, 2.45) is 0 Å². The lowest BCUT2D eigenvalue weighted by atomic mass is 10.3. The molecule has 0 radical (unpaired) electrons. The van der Waals surface area contributed by atoms with Gasteiger partial charge in [0.05, 0.1) is 12.8 Å². The average molecular weight is 382 g/mol. The maximum atomic E-state index is 13.3. The number of nitrogens with one attached hydrogen (secondary N) is 2. The number of aryl methyl sites for hydroxylation is 1. The van der Waals surface area contributed by atoms with Crippen LogP contribution in [0, 0.1) is 12.7 Å². The SMILES string of the molecule is COc1ccccc1NC(=O)COc1cc(C)nc(Nc2cccc(F)c2)n1. The molecule has 3 aromatic rings. The van der Waals surface area contributed by atoms with Crippen LogP contribution in [0.4, 0.5) is 21.7 Å². The minimum atomic E-state index is -0.373. The molecule has 1 heterocycles. The average Bonchev–Trinajstić information content (AvgIpc) is 2.66. The Morgan fingerprint density at radius 2 is 1.93 bits per heavy atom. The number of carbonyl (C=O) groups is 1. The molecule has 7 nitrogen and oxygen atoms in total. The van der Waals surface area contributed by atoms with Crippen molar-refractivity contribution in [3.05, 3.63) is 66.1 Å². The predicted octanol–water partition coefficient (Wildman–Crippen LogP) is 3.69. The van der Waals surface area contributed by atoms with Crippen LogP contribution in [0.2, 0.25) is 0 Å². The number of rotatable bonds is 7. The minimum Gasteiger partial charge on any atom is -0.495 e. The molecule has 0 fully saturated rings. The van der Waals surface area contributed by atoms with E-state index in [2.05, 4.69) is 20.6 Å². The maximum absolute atomic E-state index is 13.3. The second kappa shape index (κ2) is 8.81. The number of para-hydroxylation sites is 2. The van der Waals surface area contributed by atoms with Gasteiger partial charge in [0.15, 0.2) is 6.61 Å². The van der Waals surface area contributed by atoms with E-state index < -0.39 is 0 Å². The Bertz CT molecular complexity index is 981. The number of hydrogen-bond acceptors (Lipinski definition) is 6. The third-order valence-electron chi connectivity index (χ3n) is 3.64. The zero-order valence-corrected chi connectivity index (χ0v) is 15.4. The summed E-state index contributed by atoms with van der Waals surface area (Å²) in [5, 5.41) is 5.63. The van der Waals surface area contributed by atoms with Crippen molar-refractivity contribution in [1.29, 1.82) is 0 Å². The molecule has 8 heteroatoms. The Kier molecular flexibility index (Phi) is 6.01. The van der Waals surface area contributed by atoms with Crippen molar-refractivity contribution >= 4 is 23.2 Å². The molecule has 144 valence electrons. The van der Waals surface area contributed by atoms with E-state index in [0.717, 1.165) is 0 Å². The van der Waals surface area contributed by atoms with Gasteiger partial charge in [0.1, 0.15) is 11.6 Å². The third-order valence-corrected chi connectivity index (χ3v) is 3.64. The fourth-order valence-corrected chi connectivity index (χ4v) is 2.44. The second-order valence-electron chi connectivity index (χ2n) is 5.84. The fourth-order valence-electron chi connectivity index (χ4n) is 2.44.